The van der Waals surface area contributed by atoms with Crippen LogP contribution >= 0.6 is 11.6 Å². The summed E-state index contributed by atoms with van der Waals surface area (Å²) in [6.45, 7) is 15.8. The number of aliphatic imine (C=N–C) groups is 1. The Balaban J connectivity index is 1.51. The quantitative estimate of drug-likeness (QED) is 0.272. The van der Waals surface area contributed by atoms with E-state index in [-0.39, 0.29) is 35.2 Å². The molecule has 2 aromatic carbocycles. The molecule has 1 fully saturated rings. The molecule has 1 aromatic heterocycles. The highest BCUT2D eigenvalue weighted by molar-refractivity contribution is 6.47. The maximum atomic E-state index is 14.7. The van der Waals surface area contributed by atoms with Crippen molar-refractivity contribution in [3.63, 3.8) is 0 Å². The van der Waals surface area contributed by atoms with Gasteiger partial charge < -0.3 is 10.2 Å². The molecular formula is C35H46ClN7O2. The molecule has 2 aliphatic rings. The number of aromatic amines is 1. The third kappa shape index (κ3) is 7.46. The number of rotatable bonds is 8. The van der Waals surface area contributed by atoms with E-state index in [0.717, 1.165) is 55.2 Å². The van der Waals surface area contributed by atoms with Gasteiger partial charge in [-0.1, -0.05) is 70.5 Å². The molecule has 10 heteroatoms. The Hall–Kier alpha value is -3.59. The monoisotopic (exact) mass is 631 g/mol. The molecule has 0 saturated heterocycles. The third-order valence-electron chi connectivity index (χ3n) is 9.35. The first-order chi connectivity index (χ1) is 21.1. The zero-order valence-corrected chi connectivity index (χ0v) is 28.3. The van der Waals surface area contributed by atoms with Crippen LogP contribution in [0.4, 0.5) is 0 Å². The molecule has 2 N–H and O–H groups in total. The van der Waals surface area contributed by atoms with Gasteiger partial charge in [-0.05, 0) is 104 Å². The lowest BCUT2D eigenvalue weighted by molar-refractivity contribution is -0.134. The molecule has 0 unspecified atom stereocenters. The number of tetrazole rings is 1. The number of nitrogens with one attached hydrogen (secondary N) is 2. The van der Waals surface area contributed by atoms with Crippen LogP contribution in [0.3, 0.4) is 0 Å². The minimum Gasteiger partial charge on any atom is -0.345 e. The maximum Gasteiger partial charge on any atom is 0.275 e. The van der Waals surface area contributed by atoms with Crippen molar-refractivity contribution in [2.75, 3.05) is 0 Å². The van der Waals surface area contributed by atoms with E-state index in [1.54, 1.807) is 0 Å². The maximum absolute atomic E-state index is 14.7. The molecule has 5 rings (SSSR count). The fourth-order valence-corrected chi connectivity index (χ4v) is 7.08. The molecule has 240 valence electrons. The van der Waals surface area contributed by atoms with Crippen LogP contribution in [0.15, 0.2) is 47.5 Å². The number of carbonyl (C=O) groups is 2. The molecule has 1 spiro atoms. The number of halogens is 1. The Morgan fingerprint density at radius 3 is 2.36 bits per heavy atom. The SMILES string of the molecule is Cc1cc(Cl)cc(C2=NC3(CCC(C(C)(C)C)CC3)N([C@H](CCC(C)(C)C)c3ccc(C(=O)NCc4nn[nH]n4)cc3)C2=O)c1. The Bertz CT molecular complexity index is 1520. The Morgan fingerprint density at radius 2 is 1.78 bits per heavy atom. The predicted octanol–water partition coefficient (Wildman–Crippen LogP) is 7.22. The van der Waals surface area contributed by atoms with Crippen LogP contribution in [-0.2, 0) is 11.3 Å². The number of hydrogen-bond acceptors (Lipinski definition) is 6. The summed E-state index contributed by atoms with van der Waals surface area (Å²) in [5.74, 6) is 0.693. The van der Waals surface area contributed by atoms with E-state index >= 15 is 0 Å². The van der Waals surface area contributed by atoms with Crippen LogP contribution in [0.5, 0.6) is 0 Å². The smallest absolute Gasteiger partial charge is 0.275 e. The summed E-state index contributed by atoms with van der Waals surface area (Å²) in [5.41, 5.74) is 3.41. The molecule has 1 atom stereocenters. The molecule has 1 aliphatic heterocycles. The number of carbonyl (C=O) groups excluding carboxylic acids is 2. The van der Waals surface area contributed by atoms with Crippen LogP contribution in [0.2, 0.25) is 5.02 Å². The summed E-state index contributed by atoms with van der Waals surface area (Å²) in [4.78, 5) is 35.0. The third-order valence-corrected chi connectivity index (χ3v) is 9.57. The van der Waals surface area contributed by atoms with E-state index in [2.05, 4.69) is 72.4 Å². The van der Waals surface area contributed by atoms with Gasteiger partial charge in [-0.15, -0.1) is 10.2 Å². The molecule has 1 saturated carbocycles. The first-order valence-electron chi connectivity index (χ1n) is 16.0. The van der Waals surface area contributed by atoms with Crippen LogP contribution in [0.25, 0.3) is 0 Å². The van der Waals surface area contributed by atoms with Crippen LogP contribution in [-0.4, -0.2) is 48.7 Å². The largest absolute Gasteiger partial charge is 0.345 e. The summed E-state index contributed by atoms with van der Waals surface area (Å²) in [5, 5.41) is 17.1. The molecule has 9 nitrogen and oxygen atoms in total. The van der Waals surface area contributed by atoms with Gasteiger partial charge in [0.1, 0.15) is 11.4 Å². The number of benzene rings is 2. The molecule has 1 aliphatic carbocycles. The van der Waals surface area contributed by atoms with Gasteiger partial charge in [-0.3, -0.25) is 14.6 Å². The molecular weight excluding hydrogens is 586 g/mol. The number of nitrogens with zero attached hydrogens (tertiary/aromatic N) is 5. The van der Waals surface area contributed by atoms with Crippen molar-refractivity contribution in [1.82, 2.24) is 30.8 Å². The second kappa shape index (κ2) is 12.7. The molecule has 45 heavy (non-hydrogen) atoms. The van der Waals surface area contributed by atoms with E-state index in [0.29, 0.717) is 28.0 Å². The minimum absolute atomic E-state index is 0.0493. The van der Waals surface area contributed by atoms with Gasteiger partial charge >= 0.3 is 0 Å². The second-order valence-corrected chi connectivity index (χ2v) is 15.5. The lowest BCUT2D eigenvalue weighted by atomic mass is 9.69. The normalized spacial score (nSPS) is 21.2. The van der Waals surface area contributed by atoms with Gasteiger partial charge in [0.05, 0.1) is 12.6 Å². The van der Waals surface area contributed by atoms with Crippen molar-refractivity contribution in [3.8, 4) is 0 Å². The van der Waals surface area contributed by atoms with Crippen molar-refractivity contribution >= 4 is 29.1 Å². The van der Waals surface area contributed by atoms with Gasteiger partial charge in [-0.25, -0.2) is 0 Å². The number of H-pyrrole nitrogens is 1. The van der Waals surface area contributed by atoms with Gasteiger partial charge in [-0.2, -0.15) is 5.21 Å². The number of amides is 2. The van der Waals surface area contributed by atoms with Gasteiger partial charge in [0.2, 0.25) is 0 Å². The Morgan fingerprint density at radius 1 is 1.09 bits per heavy atom. The highest BCUT2D eigenvalue weighted by atomic mass is 35.5. The van der Waals surface area contributed by atoms with Gasteiger partial charge in [0.25, 0.3) is 11.8 Å². The topological polar surface area (TPSA) is 116 Å². The standard InChI is InChI=1S/C35H46ClN7O2/c1-22-18-25(20-27(36)19-22)30-32(45)43(35(38-30)16-12-26(13-17-35)34(5,6)7)28(14-15-33(2,3)4)23-8-10-24(11-9-23)31(44)37-21-29-39-41-42-40-29/h8-11,18-20,26,28H,12-17,21H2,1-7H3,(H,37,44)(H,39,40,41,42)/t26?,28-,35?/m1/s1. The highest BCUT2D eigenvalue weighted by Gasteiger charge is 2.52. The van der Waals surface area contributed by atoms with Crippen molar-refractivity contribution < 1.29 is 9.59 Å². The van der Waals surface area contributed by atoms with Crippen molar-refractivity contribution in [2.45, 2.75) is 105 Å². The summed E-state index contributed by atoms with van der Waals surface area (Å²) in [6.07, 6.45) is 5.33. The molecule has 3 aromatic rings. The first kappa shape index (κ1) is 32.8. The first-order valence-corrected chi connectivity index (χ1v) is 16.3. The summed E-state index contributed by atoms with van der Waals surface area (Å²) >= 11 is 6.49. The number of aromatic nitrogens is 4. The highest BCUT2D eigenvalue weighted by Crippen LogP contribution is 2.50. The molecule has 0 bridgehead atoms. The van der Waals surface area contributed by atoms with E-state index in [1.165, 1.54) is 0 Å². The molecule has 2 amide bonds. The van der Waals surface area contributed by atoms with Crippen molar-refractivity contribution in [2.24, 2.45) is 21.7 Å². The lowest BCUT2D eigenvalue weighted by Gasteiger charge is -2.47. The molecule has 2 heterocycles. The average Bonchev–Trinajstić information content (AvgIpc) is 3.58. The Labute approximate surface area is 271 Å². The zero-order valence-electron chi connectivity index (χ0n) is 27.6. The fraction of sp³-hybridized carbons (Fsp3) is 0.543. The lowest BCUT2D eigenvalue weighted by Crippen LogP contribution is -2.51. The number of hydrogen-bond donors (Lipinski definition) is 2. The second-order valence-electron chi connectivity index (χ2n) is 15.0. The van der Waals surface area contributed by atoms with E-state index in [4.69, 9.17) is 16.6 Å². The summed E-state index contributed by atoms with van der Waals surface area (Å²) in [6, 6.07) is 13.2. The summed E-state index contributed by atoms with van der Waals surface area (Å²) < 4.78 is 0. The molecule has 0 radical (unpaired) electrons. The average molecular weight is 632 g/mol. The van der Waals surface area contributed by atoms with Gasteiger partial charge in [0.15, 0.2) is 5.82 Å². The zero-order chi connectivity index (χ0) is 32.6. The predicted molar refractivity (Wildman–Crippen MR) is 177 cm³/mol. The number of aryl methyl sites for hydroxylation is 1. The van der Waals surface area contributed by atoms with E-state index in [1.807, 2.05) is 49.4 Å². The van der Waals surface area contributed by atoms with E-state index < -0.39 is 5.66 Å². The van der Waals surface area contributed by atoms with Gasteiger partial charge in [0, 0.05) is 16.1 Å². The van der Waals surface area contributed by atoms with E-state index in [9.17, 15) is 9.59 Å². The fourth-order valence-electron chi connectivity index (χ4n) is 6.79. The van der Waals surface area contributed by atoms with Crippen LogP contribution < -0.4 is 5.32 Å². The summed E-state index contributed by atoms with van der Waals surface area (Å²) in [7, 11) is 0. The Kier molecular flexibility index (Phi) is 9.23. The van der Waals surface area contributed by atoms with Crippen LogP contribution in [0.1, 0.15) is 119 Å². The van der Waals surface area contributed by atoms with Crippen LogP contribution in [0, 0.1) is 23.7 Å². The van der Waals surface area contributed by atoms with Crippen molar-refractivity contribution in [1.29, 1.82) is 0 Å². The van der Waals surface area contributed by atoms with Crippen molar-refractivity contribution in [3.05, 3.63) is 75.6 Å². The minimum atomic E-state index is -0.631.